The molecule has 0 fully saturated rings. The van der Waals surface area contributed by atoms with E-state index in [1.165, 1.54) is 11.3 Å². The summed E-state index contributed by atoms with van der Waals surface area (Å²) in [6.07, 6.45) is 4.89. The number of aliphatic carboxylic acids is 1. The third-order valence-electron chi connectivity index (χ3n) is 0.835. The molecule has 0 heterocycles. The van der Waals surface area contributed by atoms with Crippen LogP contribution in [0.3, 0.4) is 0 Å². The third kappa shape index (κ3) is 7.77. The van der Waals surface area contributed by atoms with E-state index in [9.17, 15) is 4.79 Å². The molecule has 0 aromatic heterocycles. The first kappa shape index (κ1) is 8.77. The van der Waals surface area contributed by atoms with E-state index in [0.29, 0.717) is 0 Å². The maximum atomic E-state index is 9.88. The Bertz CT molecular complexity index is 110. The van der Waals surface area contributed by atoms with Crippen molar-refractivity contribution in [3.8, 4) is 0 Å². The van der Waals surface area contributed by atoms with E-state index < -0.39 is 5.97 Å². The molecule has 0 aliphatic carbocycles. The number of carbonyl (C=O) groups is 1. The van der Waals surface area contributed by atoms with Crippen molar-refractivity contribution >= 4 is 22.8 Å². The molecule has 1 N–H and O–H groups in total. The zero-order chi connectivity index (χ0) is 7.11. The fraction of sp³-hybridized carbons (Fsp3) is 0.500. The van der Waals surface area contributed by atoms with Gasteiger partial charge >= 0.3 is 62.9 Å². The van der Waals surface area contributed by atoms with Gasteiger partial charge in [0, 0.05) is 0 Å². The molecule has 0 radical (unpaired) electrons. The van der Waals surface area contributed by atoms with Crippen LogP contribution in [-0.4, -0.2) is 27.9 Å². The number of rotatable bonds is 4. The van der Waals surface area contributed by atoms with E-state index in [2.05, 4.69) is 0 Å². The molecule has 52 valence electrons. The van der Waals surface area contributed by atoms with Gasteiger partial charge in [-0.1, -0.05) is 0 Å². The zero-order valence-corrected chi connectivity index (χ0v) is 7.63. The normalized spacial score (nSPS) is 10.3. The molecule has 0 aliphatic heterocycles. The fourth-order valence-electron chi connectivity index (χ4n) is 0.420. The quantitative estimate of drug-likeness (QED) is 0.397. The van der Waals surface area contributed by atoms with Crippen LogP contribution in [0.1, 0.15) is 12.8 Å². The molecular formula is C6H11AsO2. The Morgan fingerprint density at radius 2 is 2.33 bits per heavy atom. The average molecular weight is 190 g/mol. The second-order valence-corrected chi connectivity index (χ2v) is 2.88. The summed E-state index contributed by atoms with van der Waals surface area (Å²) in [5.74, 6) is -0.850. The van der Waals surface area contributed by atoms with E-state index in [1.54, 1.807) is 22.9 Å². The Morgan fingerprint density at radius 1 is 1.67 bits per heavy atom. The van der Waals surface area contributed by atoms with Crippen molar-refractivity contribution < 1.29 is 9.90 Å². The van der Waals surface area contributed by atoms with Gasteiger partial charge in [0.2, 0.25) is 0 Å². The van der Waals surface area contributed by atoms with Gasteiger partial charge in [0.25, 0.3) is 0 Å². The van der Waals surface area contributed by atoms with Crippen LogP contribution in [0.15, 0.2) is 12.2 Å². The molecule has 1 unspecified atom stereocenters. The van der Waals surface area contributed by atoms with E-state index in [0.717, 1.165) is 12.8 Å². The topological polar surface area (TPSA) is 37.3 Å². The predicted octanol–water partition coefficient (Wildman–Crippen LogP) is 0.459. The first-order valence-electron chi connectivity index (χ1n) is 2.87. The third-order valence-corrected chi connectivity index (χ3v) is 1.69. The number of carboxylic acid groups (broad SMARTS) is 1. The summed E-state index contributed by atoms with van der Waals surface area (Å²) in [5.41, 5.74) is 0. The predicted molar refractivity (Wildman–Crippen MR) is 39.4 cm³/mol. The van der Waals surface area contributed by atoms with Crippen molar-refractivity contribution in [1.82, 2.24) is 0 Å². The van der Waals surface area contributed by atoms with Crippen molar-refractivity contribution in [3.05, 3.63) is 12.2 Å². The molecule has 0 aliphatic rings. The molecule has 0 amide bonds. The summed E-state index contributed by atoms with van der Waals surface area (Å²) in [7, 11) is 0. The monoisotopic (exact) mass is 190 g/mol. The van der Waals surface area contributed by atoms with Gasteiger partial charge in [0.15, 0.2) is 0 Å². The van der Waals surface area contributed by atoms with Crippen LogP contribution in [0.4, 0.5) is 0 Å². The first-order valence-corrected chi connectivity index (χ1v) is 4.58. The van der Waals surface area contributed by atoms with Crippen LogP contribution in [0.5, 0.6) is 0 Å². The van der Waals surface area contributed by atoms with Crippen molar-refractivity contribution in [2.75, 3.05) is 0 Å². The Labute approximate surface area is 63.5 Å². The number of carboxylic acids is 1. The minimum atomic E-state index is -0.850. The van der Waals surface area contributed by atoms with Gasteiger partial charge in [-0.05, 0) is 0 Å². The summed E-state index contributed by atoms with van der Waals surface area (Å²) in [5, 5.41) is 9.31. The number of hydrogen-bond donors (Lipinski definition) is 1. The maximum absolute atomic E-state index is 9.88. The van der Waals surface area contributed by atoms with Gasteiger partial charge in [0.05, 0.1) is 0 Å². The van der Waals surface area contributed by atoms with Gasteiger partial charge < -0.3 is 0 Å². The second kappa shape index (κ2) is 5.90. The number of hydrogen-bond acceptors (Lipinski definition) is 1. The molecule has 0 saturated carbocycles. The van der Waals surface area contributed by atoms with Crippen LogP contribution in [0.25, 0.3) is 0 Å². The van der Waals surface area contributed by atoms with Crippen LogP contribution in [0.2, 0.25) is 5.21 Å². The summed E-state index contributed by atoms with van der Waals surface area (Å²) in [6, 6.07) is 0. The van der Waals surface area contributed by atoms with E-state index in [4.69, 9.17) is 5.11 Å². The minimum absolute atomic E-state index is 0.850. The molecule has 1 atom stereocenters. The fourth-order valence-corrected chi connectivity index (χ4v) is 0.914. The van der Waals surface area contributed by atoms with Crippen molar-refractivity contribution in [3.63, 3.8) is 0 Å². The molecule has 0 bridgehead atoms. The summed E-state index contributed by atoms with van der Waals surface area (Å²) in [4.78, 5) is 9.88. The second-order valence-electron chi connectivity index (χ2n) is 1.67. The molecular weight excluding hydrogens is 179 g/mol. The Morgan fingerprint density at radius 3 is 2.78 bits per heavy atom. The SMILES string of the molecule is O=C(O)C=CCCC[AsH2]. The van der Waals surface area contributed by atoms with Crippen LogP contribution in [0, 0.1) is 0 Å². The molecule has 0 saturated heterocycles. The van der Waals surface area contributed by atoms with E-state index in [1.807, 2.05) is 0 Å². The van der Waals surface area contributed by atoms with Crippen LogP contribution < -0.4 is 0 Å². The van der Waals surface area contributed by atoms with Crippen LogP contribution >= 0.6 is 0 Å². The van der Waals surface area contributed by atoms with Crippen molar-refractivity contribution in [2.45, 2.75) is 18.1 Å². The van der Waals surface area contributed by atoms with Crippen LogP contribution in [-0.2, 0) is 4.79 Å². The molecule has 2 nitrogen and oxygen atoms in total. The zero-order valence-electron chi connectivity index (χ0n) is 5.21. The average Bonchev–Trinajstić information content (AvgIpc) is 1.80. The van der Waals surface area contributed by atoms with Crippen molar-refractivity contribution in [1.29, 1.82) is 0 Å². The molecule has 0 rings (SSSR count). The molecule has 0 aromatic carbocycles. The standard InChI is InChI=1S/C6H11AsO2/c7-5-3-1-2-4-6(8)9/h2,4H,1,3,5,7H2,(H,8,9). The Kier molecular flexibility index (Phi) is 5.75. The summed E-state index contributed by atoms with van der Waals surface area (Å²) < 4.78 is 0. The summed E-state index contributed by atoms with van der Waals surface area (Å²) >= 11 is 1.69. The van der Waals surface area contributed by atoms with Gasteiger partial charge in [-0.2, -0.15) is 0 Å². The van der Waals surface area contributed by atoms with Gasteiger partial charge in [-0.25, -0.2) is 0 Å². The van der Waals surface area contributed by atoms with E-state index >= 15 is 0 Å². The van der Waals surface area contributed by atoms with Gasteiger partial charge in [-0.3, -0.25) is 0 Å². The Balaban J connectivity index is 3.15. The molecule has 3 heteroatoms. The molecule has 9 heavy (non-hydrogen) atoms. The van der Waals surface area contributed by atoms with Gasteiger partial charge in [-0.15, -0.1) is 0 Å². The number of unbranched alkanes of at least 4 members (excludes halogenated alkanes) is 1. The van der Waals surface area contributed by atoms with Gasteiger partial charge in [0.1, 0.15) is 0 Å². The van der Waals surface area contributed by atoms with E-state index in [-0.39, 0.29) is 0 Å². The van der Waals surface area contributed by atoms with Crippen molar-refractivity contribution in [2.24, 2.45) is 0 Å². The molecule has 0 spiro atoms. The summed E-state index contributed by atoms with van der Waals surface area (Å²) in [6.45, 7) is 0. The Hall–Kier alpha value is -0.232. The number of allylic oxidation sites excluding steroid dienone is 1. The molecule has 0 aromatic rings. The first-order chi connectivity index (χ1) is 4.27.